The Balaban J connectivity index is 1.61. The molecule has 0 bridgehead atoms. The normalized spacial score (nSPS) is 28.8. The van der Waals surface area contributed by atoms with Crippen LogP contribution in [-0.4, -0.2) is 70.7 Å². The molecule has 2 aliphatic heterocycles. The van der Waals surface area contributed by atoms with Gasteiger partial charge in [-0.05, 0) is 44.0 Å². The number of piperidine rings is 1. The van der Waals surface area contributed by atoms with Gasteiger partial charge < -0.3 is 20.3 Å². The Morgan fingerprint density at radius 1 is 1.03 bits per heavy atom. The number of nitrogens with one attached hydrogen (secondary N) is 1. The number of carboxylic acid groups (broad SMARTS) is 2. The standard InChI is InChI=1S/C28H31ClN2O7/c1-4-28(26(36)37)21(15-38-14-13-31-23(32)17-9-5-6-10-18(17)24(31)33)30-16(2)27(3,25(34)35)22(28)19-11-7-8-12-20(19)29/h5-12,16,21-22,30H,4,13-15H2,1-3H3,(H,34,35)(H,36,37). The van der Waals surface area contributed by atoms with Crippen molar-refractivity contribution in [2.24, 2.45) is 10.8 Å². The van der Waals surface area contributed by atoms with E-state index in [1.807, 2.05) is 0 Å². The average molecular weight is 543 g/mol. The molecule has 9 nitrogen and oxygen atoms in total. The molecule has 10 heteroatoms. The number of hydrogen-bond acceptors (Lipinski definition) is 6. The van der Waals surface area contributed by atoms with Crippen molar-refractivity contribution in [3.63, 3.8) is 0 Å². The quantitative estimate of drug-likeness (QED) is 0.323. The highest BCUT2D eigenvalue weighted by molar-refractivity contribution is 6.31. The van der Waals surface area contributed by atoms with E-state index in [1.165, 1.54) is 0 Å². The second-order valence-electron chi connectivity index (χ2n) is 10.1. The number of carbonyl (C=O) groups is 4. The lowest BCUT2D eigenvalue weighted by Gasteiger charge is -2.56. The molecule has 5 unspecified atom stereocenters. The molecule has 1 fully saturated rings. The summed E-state index contributed by atoms with van der Waals surface area (Å²) >= 11 is 6.53. The van der Waals surface area contributed by atoms with Crippen LogP contribution in [-0.2, 0) is 14.3 Å². The molecule has 202 valence electrons. The second kappa shape index (κ2) is 10.5. The number of carbonyl (C=O) groups excluding carboxylic acids is 2. The van der Waals surface area contributed by atoms with E-state index in [-0.39, 0.29) is 26.2 Å². The van der Waals surface area contributed by atoms with Crippen molar-refractivity contribution in [1.29, 1.82) is 0 Å². The molecule has 38 heavy (non-hydrogen) atoms. The summed E-state index contributed by atoms with van der Waals surface area (Å²) in [6.07, 6.45) is 0.104. The molecule has 2 amide bonds. The third kappa shape index (κ3) is 4.19. The predicted molar refractivity (Wildman–Crippen MR) is 139 cm³/mol. The molecule has 0 spiro atoms. The van der Waals surface area contributed by atoms with Gasteiger partial charge in [-0.2, -0.15) is 0 Å². The number of benzene rings is 2. The fraction of sp³-hybridized carbons (Fsp3) is 0.429. The summed E-state index contributed by atoms with van der Waals surface area (Å²) < 4.78 is 5.88. The van der Waals surface area contributed by atoms with Crippen molar-refractivity contribution in [3.8, 4) is 0 Å². The summed E-state index contributed by atoms with van der Waals surface area (Å²) in [4.78, 5) is 52.2. The minimum Gasteiger partial charge on any atom is -0.481 e. The molecule has 0 aromatic heterocycles. The molecule has 0 saturated carbocycles. The number of carboxylic acids is 2. The summed E-state index contributed by atoms with van der Waals surface area (Å²) in [7, 11) is 0. The molecule has 0 aliphatic carbocycles. The highest BCUT2D eigenvalue weighted by Crippen LogP contribution is 2.58. The molecule has 2 aromatic rings. The van der Waals surface area contributed by atoms with E-state index in [4.69, 9.17) is 16.3 Å². The summed E-state index contributed by atoms with van der Waals surface area (Å²) in [5.74, 6) is -4.08. The van der Waals surface area contributed by atoms with Crippen LogP contribution >= 0.6 is 11.6 Å². The maximum absolute atomic E-state index is 13.1. The molecule has 5 atom stereocenters. The van der Waals surface area contributed by atoms with Crippen molar-refractivity contribution >= 4 is 35.4 Å². The van der Waals surface area contributed by atoms with Gasteiger partial charge in [0.25, 0.3) is 11.8 Å². The highest BCUT2D eigenvalue weighted by atomic mass is 35.5. The van der Waals surface area contributed by atoms with Gasteiger partial charge in [-0.15, -0.1) is 0 Å². The number of rotatable bonds is 9. The maximum atomic E-state index is 13.1. The fourth-order valence-electron chi connectivity index (χ4n) is 6.10. The molecule has 3 N–H and O–H groups in total. The topological polar surface area (TPSA) is 133 Å². The molecule has 1 saturated heterocycles. The van der Waals surface area contributed by atoms with Crippen LogP contribution in [0, 0.1) is 10.8 Å². The van der Waals surface area contributed by atoms with Crippen molar-refractivity contribution in [3.05, 3.63) is 70.2 Å². The minimum atomic E-state index is -1.58. The van der Waals surface area contributed by atoms with Gasteiger partial charge in [-0.1, -0.05) is 48.9 Å². The average Bonchev–Trinajstić information content (AvgIpc) is 3.13. The number of aliphatic carboxylic acids is 2. The number of hydrogen-bond donors (Lipinski definition) is 3. The fourth-order valence-corrected chi connectivity index (χ4v) is 6.34. The zero-order valence-corrected chi connectivity index (χ0v) is 22.2. The second-order valence-corrected chi connectivity index (χ2v) is 10.5. The van der Waals surface area contributed by atoms with Gasteiger partial charge >= 0.3 is 11.9 Å². The first-order valence-electron chi connectivity index (χ1n) is 12.5. The number of imide groups is 1. The monoisotopic (exact) mass is 542 g/mol. The van der Waals surface area contributed by atoms with Crippen molar-refractivity contribution < 1.29 is 34.1 Å². The lowest BCUT2D eigenvalue weighted by Crippen LogP contribution is -2.70. The van der Waals surface area contributed by atoms with E-state index in [0.717, 1.165) is 4.90 Å². The van der Waals surface area contributed by atoms with Gasteiger partial charge in [0, 0.05) is 23.0 Å². The van der Waals surface area contributed by atoms with E-state index in [1.54, 1.807) is 69.3 Å². The summed E-state index contributed by atoms with van der Waals surface area (Å²) in [5.41, 5.74) is -1.96. The van der Waals surface area contributed by atoms with Gasteiger partial charge in [-0.3, -0.25) is 24.1 Å². The molecule has 0 radical (unpaired) electrons. The lowest BCUT2D eigenvalue weighted by atomic mass is 9.51. The van der Waals surface area contributed by atoms with Gasteiger partial charge in [0.1, 0.15) is 0 Å². The van der Waals surface area contributed by atoms with Gasteiger partial charge in [0.15, 0.2) is 0 Å². The number of halogens is 1. The Morgan fingerprint density at radius 2 is 1.61 bits per heavy atom. The van der Waals surface area contributed by atoms with Gasteiger partial charge in [-0.25, -0.2) is 0 Å². The lowest BCUT2D eigenvalue weighted by molar-refractivity contribution is -0.174. The van der Waals surface area contributed by atoms with Crippen molar-refractivity contribution in [1.82, 2.24) is 10.2 Å². The van der Waals surface area contributed by atoms with Crippen LogP contribution in [0.3, 0.4) is 0 Å². The Hall–Kier alpha value is -3.27. The van der Waals surface area contributed by atoms with Crippen LogP contribution < -0.4 is 5.32 Å². The molecule has 2 aromatic carbocycles. The third-order valence-corrected chi connectivity index (χ3v) is 8.71. The maximum Gasteiger partial charge on any atom is 0.311 e. The molecular weight excluding hydrogens is 512 g/mol. The third-order valence-electron chi connectivity index (χ3n) is 8.37. The van der Waals surface area contributed by atoms with Crippen LogP contribution in [0.4, 0.5) is 0 Å². The van der Waals surface area contributed by atoms with Crippen LogP contribution in [0.1, 0.15) is 59.4 Å². The number of amides is 2. The molecule has 2 aliphatic rings. The summed E-state index contributed by atoms with van der Waals surface area (Å²) in [6.45, 7) is 4.89. The Bertz CT molecular complexity index is 1250. The zero-order chi connectivity index (χ0) is 27.8. The van der Waals surface area contributed by atoms with E-state index < -0.39 is 52.6 Å². The van der Waals surface area contributed by atoms with Crippen LogP contribution in [0.25, 0.3) is 0 Å². The highest BCUT2D eigenvalue weighted by Gasteiger charge is 2.65. The van der Waals surface area contributed by atoms with Gasteiger partial charge in [0.05, 0.1) is 41.7 Å². The zero-order valence-electron chi connectivity index (χ0n) is 21.4. The number of ether oxygens (including phenoxy) is 1. The van der Waals surface area contributed by atoms with E-state index in [2.05, 4.69) is 5.32 Å². The first-order chi connectivity index (χ1) is 18.0. The number of fused-ring (bicyclic) bond motifs is 1. The van der Waals surface area contributed by atoms with Crippen LogP contribution in [0.2, 0.25) is 5.02 Å². The number of nitrogens with zero attached hydrogens (tertiary/aromatic N) is 1. The Morgan fingerprint density at radius 3 is 2.13 bits per heavy atom. The molecule has 2 heterocycles. The summed E-state index contributed by atoms with van der Waals surface area (Å²) in [5, 5.41) is 24.5. The van der Waals surface area contributed by atoms with E-state index in [9.17, 15) is 29.4 Å². The summed E-state index contributed by atoms with van der Waals surface area (Å²) in [6, 6.07) is 11.9. The first kappa shape index (κ1) is 27.8. The Kier molecular flexibility index (Phi) is 7.65. The largest absolute Gasteiger partial charge is 0.481 e. The minimum absolute atomic E-state index is 0.00159. The van der Waals surface area contributed by atoms with Gasteiger partial charge in [0.2, 0.25) is 0 Å². The smallest absolute Gasteiger partial charge is 0.311 e. The predicted octanol–water partition coefficient (Wildman–Crippen LogP) is 3.67. The van der Waals surface area contributed by atoms with Crippen molar-refractivity contribution in [2.45, 2.75) is 45.2 Å². The Labute approximate surface area is 225 Å². The first-order valence-corrected chi connectivity index (χ1v) is 12.9. The van der Waals surface area contributed by atoms with E-state index in [0.29, 0.717) is 21.7 Å². The van der Waals surface area contributed by atoms with Crippen LogP contribution in [0.5, 0.6) is 0 Å². The molecule has 4 rings (SSSR count). The molecular formula is C28H31ClN2O7. The SMILES string of the molecule is CCC1(C(=O)O)C(COCCN2C(=O)c3ccccc3C2=O)NC(C)C(C)(C(=O)O)C1c1ccccc1Cl. The van der Waals surface area contributed by atoms with Crippen LogP contribution in [0.15, 0.2) is 48.5 Å². The van der Waals surface area contributed by atoms with E-state index >= 15 is 0 Å². The van der Waals surface area contributed by atoms with Crippen molar-refractivity contribution in [2.75, 3.05) is 19.8 Å².